The zero-order valence-corrected chi connectivity index (χ0v) is 10.5. The lowest BCUT2D eigenvalue weighted by molar-refractivity contribution is 0.273. The van der Waals surface area contributed by atoms with Crippen LogP contribution >= 0.6 is 0 Å². The maximum Gasteiger partial charge on any atom is 0.246 e. The van der Waals surface area contributed by atoms with Gasteiger partial charge in [-0.3, -0.25) is 5.10 Å². The van der Waals surface area contributed by atoms with Gasteiger partial charge in [0.15, 0.2) is 0 Å². The average Bonchev–Trinajstić information content (AvgIpc) is 2.60. The minimum Gasteiger partial charge on any atom is -0.390 e. The molecule has 1 heterocycles. The van der Waals surface area contributed by atoms with Gasteiger partial charge >= 0.3 is 0 Å². The van der Waals surface area contributed by atoms with Crippen molar-refractivity contribution in [2.75, 3.05) is 13.6 Å². The molecule has 1 aromatic rings. The molecule has 7 heteroatoms. The Balaban J connectivity index is 3.21. The van der Waals surface area contributed by atoms with Gasteiger partial charge in [-0.25, -0.2) is 12.7 Å². The van der Waals surface area contributed by atoms with E-state index in [1.165, 1.54) is 11.4 Å². The van der Waals surface area contributed by atoms with E-state index in [0.29, 0.717) is 12.2 Å². The van der Waals surface area contributed by atoms with E-state index in [-0.39, 0.29) is 10.6 Å². The Hall–Kier alpha value is -0.920. The molecule has 0 bridgehead atoms. The second-order valence-electron chi connectivity index (χ2n) is 3.61. The predicted octanol–water partition coefficient (Wildman–Crippen LogP) is 0.241. The number of nitrogens with zero attached hydrogens (tertiary/aromatic N) is 2. The summed E-state index contributed by atoms with van der Waals surface area (Å²) in [6.45, 7) is 3.58. The molecule has 0 spiro atoms. The van der Waals surface area contributed by atoms with Crippen molar-refractivity contribution in [3.05, 3.63) is 11.4 Å². The van der Waals surface area contributed by atoms with Gasteiger partial charge in [-0.15, -0.1) is 0 Å². The van der Waals surface area contributed by atoms with Crippen LogP contribution in [0.2, 0.25) is 0 Å². The molecule has 1 rings (SSSR count). The summed E-state index contributed by atoms with van der Waals surface area (Å²) in [5, 5.41) is 15.4. The van der Waals surface area contributed by atoms with E-state index < -0.39 is 16.6 Å². The van der Waals surface area contributed by atoms with E-state index in [4.69, 9.17) is 5.11 Å². The number of aliphatic hydroxyl groups is 1. The Kier molecular flexibility index (Phi) is 4.06. The number of aromatic amines is 1. The van der Waals surface area contributed by atoms with Gasteiger partial charge < -0.3 is 5.11 Å². The van der Waals surface area contributed by atoms with Crippen LogP contribution in [0.5, 0.6) is 0 Å². The van der Waals surface area contributed by atoms with Gasteiger partial charge in [-0.2, -0.15) is 5.10 Å². The Morgan fingerprint density at radius 3 is 2.62 bits per heavy atom. The van der Waals surface area contributed by atoms with Crippen LogP contribution in [0.1, 0.15) is 24.7 Å². The number of hydrogen-bond acceptors (Lipinski definition) is 4. The first kappa shape index (κ1) is 13.1. The van der Waals surface area contributed by atoms with Gasteiger partial charge in [-0.1, -0.05) is 6.92 Å². The summed E-state index contributed by atoms with van der Waals surface area (Å²) in [4.78, 5) is 0.0888. The Morgan fingerprint density at radius 1 is 1.50 bits per heavy atom. The lowest BCUT2D eigenvalue weighted by Gasteiger charge is -2.16. The highest BCUT2D eigenvalue weighted by Crippen LogP contribution is 2.21. The third kappa shape index (κ3) is 2.26. The lowest BCUT2D eigenvalue weighted by Crippen LogP contribution is -2.28. The summed E-state index contributed by atoms with van der Waals surface area (Å²) in [7, 11) is -2.03. The number of nitrogens with one attached hydrogen (secondary N) is 1. The molecule has 0 atom stereocenters. The molecule has 6 nitrogen and oxygen atoms in total. The van der Waals surface area contributed by atoms with Crippen LogP contribution in [0.25, 0.3) is 0 Å². The summed E-state index contributed by atoms with van der Waals surface area (Å²) in [5.74, 6) is 0. The van der Waals surface area contributed by atoms with Crippen LogP contribution < -0.4 is 0 Å². The first-order valence-corrected chi connectivity index (χ1v) is 6.50. The molecule has 0 fully saturated rings. The maximum atomic E-state index is 12.1. The van der Waals surface area contributed by atoms with Crippen LogP contribution in [-0.4, -0.2) is 41.6 Å². The highest BCUT2D eigenvalue weighted by molar-refractivity contribution is 7.89. The van der Waals surface area contributed by atoms with Crippen molar-refractivity contribution < 1.29 is 13.5 Å². The molecule has 0 amide bonds. The van der Waals surface area contributed by atoms with Crippen molar-refractivity contribution in [3.63, 3.8) is 0 Å². The van der Waals surface area contributed by atoms with Gasteiger partial charge in [-0.05, 0) is 13.3 Å². The molecule has 0 aliphatic heterocycles. The topological polar surface area (TPSA) is 86.3 Å². The summed E-state index contributed by atoms with van der Waals surface area (Å²) in [6, 6.07) is 0. The number of aryl methyl sites for hydroxylation is 1. The number of hydrogen-bond donors (Lipinski definition) is 2. The van der Waals surface area contributed by atoms with E-state index in [1.54, 1.807) is 6.92 Å². The summed E-state index contributed by atoms with van der Waals surface area (Å²) in [5.41, 5.74) is 0.618. The second kappa shape index (κ2) is 4.94. The van der Waals surface area contributed by atoms with Gasteiger partial charge in [0.25, 0.3) is 0 Å². The molecule has 0 aliphatic carbocycles. The predicted molar refractivity (Wildman–Crippen MR) is 59.4 cm³/mol. The number of sulfonamides is 1. The van der Waals surface area contributed by atoms with Crippen LogP contribution in [0.3, 0.4) is 0 Å². The van der Waals surface area contributed by atoms with E-state index in [0.717, 1.165) is 6.42 Å². The monoisotopic (exact) mass is 247 g/mol. The normalized spacial score (nSPS) is 12.3. The van der Waals surface area contributed by atoms with Crippen LogP contribution in [-0.2, 0) is 16.6 Å². The second-order valence-corrected chi connectivity index (χ2v) is 5.59. The fourth-order valence-corrected chi connectivity index (χ4v) is 3.08. The van der Waals surface area contributed by atoms with Gasteiger partial charge in [0.1, 0.15) is 10.6 Å². The van der Waals surface area contributed by atoms with E-state index in [2.05, 4.69) is 10.2 Å². The number of aromatic nitrogens is 2. The van der Waals surface area contributed by atoms with Crippen molar-refractivity contribution >= 4 is 10.0 Å². The first-order chi connectivity index (χ1) is 7.45. The molecular weight excluding hydrogens is 230 g/mol. The van der Waals surface area contributed by atoms with Crippen molar-refractivity contribution in [1.29, 1.82) is 0 Å². The Morgan fingerprint density at radius 2 is 2.12 bits per heavy atom. The molecule has 0 saturated heterocycles. The lowest BCUT2D eigenvalue weighted by atomic mass is 10.4. The van der Waals surface area contributed by atoms with Crippen molar-refractivity contribution in [2.24, 2.45) is 0 Å². The molecule has 0 radical (unpaired) electrons. The largest absolute Gasteiger partial charge is 0.390 e. The molecule has 1 aromatic heterocycles. The molecule has 92 valence electrons. The van der Waals surface area contributed by atoms with Gasteiger partial charge in [0.05, 0.1) is 12.3 Å². The third-order valence-corrected chi connectivity index (χ3v) is 4.38. The average molecular weight is 247 g/mol. The fourth-order valence-electron chi connectivity index (χ4n) is 1.51. The molecule has 0 unspecified atom stereocenters. The quantitative estimate of drug-likeness (QED) is 0.780. The molecule has 0 saturated carbocycles. The molecule has 0 aromatic carbocycles. The van der Waals surface area contributed by atoms with Crippen LogP contribution in [0, 0.1) is 6.92 Å². The molecular formula is C9H17N3O3S. The third-order valence-electron chi connectivity index (χ3n) is 2.32. The van der Waals surface area contributed by atoms with Crippen molar-refractivity contribution in [1.82, 2.24) is 14.5 Å². The van der Waals surface area contributed by atoms with Gasteiger partial charge in [0, 0.05) is 13.6 Å². The highest BCUT2D eigenvalue weighted by atomic mass is 32.2. The zero-order valence-electron chi connectivity index (χ0n) is 9.69. The van der Waals surface area contributed by atoms with Gasteiger partial charge in [0.2, 0.25) is 10.0 Å². The molecule has 16 heavy (non-hydrogen) atoms. The smallest absolute Gasteiger partial charge is 0.246 e. The Labute approximate surface area is 95.3 Å². The minimum absolute atomic E-state index is 0.0888. The number of rotatable bonds is 5. The molecule has 0 aliphatic rings. The summed E-state index contributed by atoms with van der Waals surface area (Å²) in [6.07, 6.45) is 0.737. The minimum atomic E-state index is -3.55. The summed E-state index contributed by atoms with van der Waals surface area (Å²) < 4.78 is 25.5. The van der Waals surface area contributed by atoms with Crippen LogP contribution in [0.4, 0.5) is 0 Å². The number of H-pyrrole nitrogens is 1. The Bertz CT molecular complexity index is 453. The first-order valence-electron chi connectivity index (χ1n) is 5.06. The van der Waals surface area contributed by atoms with E-state index >= 15 is 0 Å². The fraction of sp³-hybridized carbons (Fsp3) is 0.667. The van der Waals surface area contributed by atoms with Crippen LogP contribution in [0.15, 0.2) is 4.90 Å². The van der Waals surface area contributed by atoms with E-state index in [9.17, 15) is 8.42 Å². The molecule has 2 N–H and O–H groups in total. The van der Waals surface area contributed by atoms with Crippen molar-refractivity contribution in [3.8, 4) is 0 Å². The summed E-state index contributed by atoms with van der Waals surface area (Å²) >= 11 is 0. The standard InChI is InChI=1S/C9H17N3O3S/c1-4-5-12(3)16(14,15)9-7(2)10-11-8(9)6-13/h13H,4-6H2,1-3H3,(H,10,11). The number of aliphatic hydroxyl groups excluding tert-OH is 1. The maximum absolute atomic E-state index is 12.1. The zero-order chi connectivity index (χ0) is 12.3. The van der Waals surface area contributed by atoms with Crippen molar-refractivity contribution in [2.45, 2.75) is 31.8 Å². The van der Waals surface area contributed by atoms with E-state index in [1.807, 2.05) is 6.92 Å². The SMILES string of the molecule is CCCN(C)S(=O)(=O)c1c(CO)n[nH]c1C. The highest BCUT2D eigenvalue weighted by Gasteiger charge is 2.27.